The third kappa shape index (κ3) is 2.18. The van der Waals surface area contributed by atoms with Crippen molar-refractivity contribution >= 4 is 11.8 Å². The van der Waals surface area contributed by atoms with E-state index in [9.17, 15) is 9.59 Å². The highest BCUT2D eigenvalue weighted by Gasteiger charge is 2.20. The minimum Gasteiger partial charge on any atom is -0.366 e. The minimum absolute atomic E-state index is 0.0506. The first-order valence-electron chi connectivity index (χ1n) is 5.07. The van der Waals surface area contributed by atoms with Crippen molar-refractivity contribution in [1.82, 2.24) is 4.98 Å². The normalized spacial score (nSPS) is 12.1. The molecule has 1 atom stereocenters. The number of nitrogens with two attached hydrogens (primary N) is 2. The zero-order chi connectivity index (χ0) is 12.3. The van der Waals surface area contributed by atoms with Crippen LogP contribution >= 0.6 is 0 Å². The van der Waals surface area contributed by atoms with E-state index in [1.807, 2.05) is 13.8 Å². The summed E-state index contributed by atoms with van der Waals surface area (Å²) in [4.78, 5) is 26.3. The van der Waals surface area contributed by atoms with Crippen LogP contribution in [0.2, 0.25) is 0 Å². The van der Waals surface area contributed by atoms with E-state index in [2.05, 4.69) is 4.98 Å². The summed E-state index contributed by atoms with van der Waals surface area (Å²) in [5.41, 5.74) is 11.2. The van der Waals surface area contributed by atoms with Crippen molar-refractivity contribution in [3.8, 4) is 0 Å². The minimum atomic E-state index is -0.737. The smallest absolute Gasteiger partial charge is 0.268 e. The van der Waals surface area contributed by atoms with Gasteiger partial charge in [0.2, 0.25) is 0 Å². The lowest BCUT2D eigenvalue weighted by Crippen LogP contribution is -2.24. The first-order chi connectivity index (χ1) is 7.49. The highest BCUT2D eigenvalue weighted by Crippen LogP contribution is 2.23. The molecule has 1 aromatic rings. The number of pyridine rings is 1. The predicted octanol–water partition coefficient (Wildman–Crippen LogP) is 0.793. The summed E-state index contributed by atoms with van der Waals surface area (Å²) in [6.07, 6.45) is 2.30. The van der Waals surface area contributed by atoms with E-state index in [4.69, 9.17) is 11.5 Å². The number of carbonyl (C=O) groups excluding carboxylic acids is 2. The van der Waals surface area contributed by atoms with Crippen molar-refractivity contribution in [2.75, 3.05) is 0 Å². The summed E-state index contributed by atoms with van der Waals surface area (Å²) >= 11 is 0. The number of nitrogens with zero attached hydrogens (tertiary/aromatic N) is 1. The quantitative estimate of drug-likeness (QED) is 0.786. The van der Waals surface area contributed by atoms with Crippen molar-refractivity contribution < 1.29 is 9.59 Å². The van der Waals surface area contributed by atoms with Crippen molar-refractivity contribution in [3.05, 3.63) is 29.1 Å². The van der Waals surface area contributed by atoms with E-state index in [0.29, 0.717) is 0 Å². The largest absolute Gasteiger partial charge is 0.366 e. The molecule has 16 heavy (non-hydrogen) atoms. The SMILES string of the molecule is CCC(C)c1ccnc(C(N)=O)c1C(N)=O. The van der Waals surface area contributed by atoms with Gasteiger partial charge < -0.3 is 11.5 Å². The Hall–Kier alpha value is -1.91. The van der Waals surface area contributed by atoms with Crippen LogP contribution in [0.3, 0.4) is 0 Å². The molecule has 1 aromatic heterocycles. The number of carbonyl (C=O) groups is 2. The van der Waals surface area contributed by atoms with Crippen molar-refractivity contribution in [3.63, 3.8) is 0 Å². The third-order valence-corrected chi connectivity index (χ3v) is 2.61. The van der Waals surface area contributed by atoms with Crippen LogP contribution < -0.4 is 11.5 Å². The molecular formula is C11H15N3O2. The van der Waals surface area contributed by atoms with Crippen LogP contribution in [0.4, 0.5) is 0 Å². The summed E-state index contributed by atoms with van der Waals surface area (Å²) in [5.74, 6) is -1.28. The second-order valence-electron chi connectivity index (χ2n) is 3.66. The van der Waals surface area contributed by atoms with Gasteiger partial charge in [0.05, 0.1) is 5.56 Å². The van der Waals surface area contributed by atoms with E-state index < -0.39 is 11.8 Å². The van der Waals surface area contributed by atoms with Gasteiger partial charge in [0, 0.05) is 6.20 Å². The standard InChI is InChI=1S/C11H15N3O2/c1-3-6(2)7-4-5-14-9(11(13)16)8(7)10(12)15/h4-6H,3H2,1-2H3,(H2,12,15)(H2,13,16). The lowest BCUT2D eigenvalue weighted by Gasteiger charge is -2.14. The molecule has 0 saturated carbocycles. The zero-order valence-electron chi connectivity index (χ0n) is 9.36. The Kier molecular flexibility index (Phi) is 3.60. The number of hydrogen-bond acceptors (Lipinski definition) is 3. The van der Waals surface area contributed by atoms with Crippen molar-refractivity contribution in [1.29, 1.82) is 0 Å². The van der Waals surface area contributed by atoms with Crippen LogP contribution in [0.5, 0.6) is 0 Å². The maximum atomic E-state index is 11.3. The molecule has 1 heterocycles. The molecule has 0 aliphatic carbocycles. The molecule has 4 N–H and O–H groups in total. The summed E-state index contributed by atoms with van der Waals surface area (Å²) in [5, 5.41) is 0. The van der Waals surface area contributed by atoms with Gasteiger partial charge in [0.1, 0.15) is 5.69 Å². The first-order valence-corrected chi connectivity index (χ1v) is 5.07. The summed E-state index contributed by atoms with van der Waals surface area (Å²) in [7, 11) is 0. The topological polar surface area (TPSA) is 99.1 Å². The molecule has 0 aliphatic rings. The summed E-state index contributed by atoms with van der Waals surface area (Å²) in [6, 6.07) is 1.70. The molecule has 0 saturated heterocycles. The van der Waals surface area contributed by atoms with Gasteiger partial charge in [0.15, 0.2) is 0 Å². The van der Waals surface area contributed by atoms with Crippen LogP contribution in [0.15, 0.2) is 12.3 Å². The number of primary amides is 2. The average Bonchev–Trinajstić information content (AvgIpc) is 2.26. The van der Waals surface area contributed by atoms with Crippen LogP contribution in [0.25, 0.3) is 0 Å². The van der Waals surface area contributed by atoms with Gasteiger partial charge in [-0.1, -0.05) is 13.8 Å². The van der Waals surface area contributed by atoms with Gasteiger partial charge in [-0.25, -0.2) is 0 Å². The van der Waals surface area contributed by atoms with E-state index in [1.54, 1.807) is 6.07 Å². The van der Waals surface area contributed by atoms with E-state index in [1.165, 1.54) is 6.20 Å². The van der Waals surface area contributed by atoms with Gasteiger partial charge in [0.25, 0.3) is 11.8 Å². The lowest BCUT2D eigenvalue weighted by molar-refractivity contribution is 0.0962. The number of hydrogen-bond donors (Lipinski definition) is 2. The number of rotatable bonds is 4. The molecule has 0 spiro atoms. The fraction of sp³-hybridized carbons (Fsp3) is 0.364. The highest BCUT2D eigenvalue weighted by atomic mass is 16.2. The number of amides is 2. The van der Waals surface area contributed by atoms with Crippen LogP contribution in [0.1, 0.15) is 52.6 Å². The Morgan fingerprint density at radius 3 is 2.44 bits per heavy atom. The molecule has 5 heteroatoms. The molecule has 2 amide bonds. The van der Waals surface area contributed by atoms with Crippen molar-refractivity contribution in [2.45, 2.75) is 26.2 Å². The monoisotopic (exact) mass is 221 g/mol. The van der Waals surface area contributed by atoms with Crippen LogP contribution in [-0.4, -0.2) is 16.8 Å². The van der Waals surface area contributed by atoms with Crippen LogP contribution in [-0.2, 0) is 0 Å². The number of aromatic nitrogens is 1. The molecule has 0 aliphatic heterocycles. The Morgan fingerprint density at radius 1 is 1.38 bits per heavy atom. The fourth-order valence-corrected chi connectivity index (χ4v) is 1.55. The fourth-order valence-electron chi connectivity index (χ4n) is 1.55. The molecule has 0 bridgehead atoms. The Bertz CT molecular complexity index is 429. The zero-order valence-corrected chi connectivity index (χ0v) is 9.36. The van der Waals surface area contributed by atoms with Gasteiger partial charge in [-0.3, -0.25) is 14.6 Å². The molecule has 0 fully saturated rings. The van der Waals surface area contributed by atoms with Gasteiger partial charge in [-0.15, -0.1) is 0 Å². The Morgan fingerprint density at radius 2 is 2.00 bits per heavy atom. The third-order valence-electron chi connectivity index (χ3n) is 2.61. The lowest BCUT2D eigenvalue weighted by atomic mass is 9.93. The maximum absolute atomic E-state index is 11.3. The van der Waals surface area contributed by atoms with Crippen molar-refractivity contribution in [2.24, 2.45) is 11.5 Å². The Labute approximate surface area is 93.8 Å². The Balaban J connectivity index is 3.44. The van der Waals surface area contributed by atoms with Crippen LogP contribution in [0, 0.1) is 0 Å². The summed E-state index contributed by atoms with van der Waals surface area (Å²) in [6.45, 7) is 3.94. The highest BCUT2D eigenvalue weighted by molar-refractivity contribution is 6.05. The molecule has 1 rings (SSSR count). The van der Waals surface area contributed by atoms with Gasteiger partial charge in [-0.2, -0.15) is 0 Å². The molecule has 1 unspecified atom stereocenters. The van der Waals surface area contributed by atoms with Gasteiger partial charge >= 0.3 is 0 Å². The second kappa shape index (κ2) is 4.74. The molecule has 86 valence electrons. The molecule has 0 radical (unpaired) electrons. The van der Waals surface area contributed by atoms with Gasteiger partial charge in [-0.05, 0) is 24.0 Å². The van der Waals surface area contributed by atoms with E-state index in [-0.39, 0.29) is 17.2 Å². The van der Waals surface area contributed by atoms with E-state index in [0.717, 1.165) is 12.0 Å². The second-order valence-corrected chi connectivity index (χ2v) is 3.66. The molecular weight excluding hydrogens is 206 g/mol. The molecule has 5 nitrogen and oxygen atoms in total. The maximum Gasteiger partial charge on any atom is 0.268 e. The first kappa shape index (κ1) is 12.2. The predicted molar refractivity (Wildman–Crippen MR) is 60.0 cm³/mol. The average molecular weight is 221 g/mol. The molecule has 0 aromatic carbocycles. The van der Waals surface area contributed by atoms with E-state index >= 15 is 0 Å². The summed E-state index contributed by atoms with van der Waals surface area (Å²) < 4.78 is 0.